The highest BCUT2D eigenvalue weighted by atomic mass is 32.2. The maximum atomic E-state index is 15.4. The van der Waals surface area contributed by atoms with Crippen LogP contribution in [0.3, 0.4) is 0 Å². The zero-order valence-corrected chi connectivity index (χ0v) is 53.6. The molecule has 12 rings (SSSR count). The SMILES string of the molecule is CCCC[B-](c1ccccc1)(c1ccccc1)c1ccccc1.CCCC[B-](c1ccccc1)(c1ccccc1)c1ccccc1.O=C(c1ccccc1-c1ccccc1)C([PH2+]C(=O)[S+](=O)(c1ccccc1)c1ccccc1)(c1ccccc1)c1ccccc1. The van der Waals surface area contributed by atoms with Gasteiger partial charge in [0, 0.05) is 16.7 Å². The summed E-state index contributed by atoms with van der Waals surface area (Å²) in [6.45, 7) is 4.56. The maximum Gasteiger partial charge on any atom is 0.473 e. The van der Waals surface area contributed by atoms with Crippen LogP contribution in [0.15, 0.2) is 368 Å². The van der Waals surface area contributed by atoms with Gasteiger partial charge in [-0.3, -0.25) is 4.79 Å². The average Bonchev–Trinajstić information content (AvgIpc) is 0.773. The molecule has 0 N–H and O–H groups in total. The average molecular weight is 1210 g/mol. The largest absolute Gasteiger partial charge is 0.473 e. The topological polar surface area (TPSA) is 51.2 Å². The number of unbranched alkanes of at least 4 members (excludes halogenated alkanes) is 2. The molecule has 0 saturated carbocycles. The summed E-state index contributed by atoms with van der Waals surface area (Å²) in [5.74, 6) is -0.194. The van der Waals surface area contributed by atoms with Crippen LogP contribution in [0, 0.1) is 0 Å². The Morgan fingerprint density at radius 2 is 0.589 bits per heavy atom. The lowest BCUT2D eigenvalue weighted by Gasteiger charge is -2.43. The van der Waals surface area contributed by atoms with Gasteiger partial charge in [0.15, 0.2) is 14.9 Å². The molecule has 1 atom stereocenters. The van der Waals surface area contributed by atoms with Crippen molar-refractivity contribution in [1.29, 1.82) is 0 Å². The van der Waals surface area contributed by atoms with Crippen LogP contribution in [-0.4, -0.2) is 22.9 Å². The minimum Gasteiger partial charge on any atom is -0.288 e. The molecular formula is C83H79B2O3PS. The zero-order chi connectivity index (χ0) is 62.3. The minimum absolute atomic E-state index is 0.194. The van der Waals surface area contributed by atoms with Gasteiger partial charge in [-0.2, -0.15) is 50.2 Å². The van der Waals surface area contributed by atoms with E-state index in [4.69, 9.17) is 0 Å². The normalized spacial score (nSPS) is 11.6. The van der Waals surface area contributed by atoms with Crippen LogP contribution in [0.5, 0.6) is 0 Å². The third kappa shape index (κ3) is 13.9. The summed E-state index contributed by atoms with van der Waals surface area (Å²) in [4.78, 5) is 30.8. The molecule has 0 aliphatic carbocycles. The van der Waals surface area contributed by atoms with E-state index in [9.17, 15) is 4.79 Å². The fraction of sp³-hybridized carbons (Fsp3) is 0.108. The number of benzene rings is 12. The predicted molar refractivity (Wildman–Crippen MR) is 390 cm³/mol. The van der Waals surface area contributed by atoms with E-state index >= 15 is 9.00 Å². The summed E-state index contributed by atoms with van der Waals surface area (Å²) >= 11 is 0. The lowest BCUT2D eigenvalue weighted by atomic mass is 9.14. The smallest absolute Gasteiger partial charge is 0.288 e. The Balaban J connectivity index is 0.000000163. The Kier molecular flexibility index (Phi) is 22.1. The monoisotopic (exact) mass is 1210 g/mol. The predicted octanol–water partition coefficient (Wildman–Crippen LogP) is 17.5. The molecule has 12 aromatic rings. The van der Waals surface area contributed by atoms with Crippen LogP contribution in [-0.2, 0) is 19.3 Å². The van der Waals surface area contributed by atoms with Crippen LogP contribution in [0.25, 0.3) is 11.1 Å². The molecule has 0 amide bonds. The van der Waals surface area contributed by atoms with E-state index in [2.05, 4.69) is 196 Å². The summed E-state index contributed by atoms with van der Waals surface area (Å²) in [5, 5.41) is -1.38. The number of carbonyl (C=O) groups is 2. The first-order valence-corrected chi connectivity index (χ1v) is 34.5. The van der Waals surface area contributed by atoms with Gasteiger partial charge in [0.1, 0.15) is 8.58 Å². The summed E-state index contributed by atoms with van der Waals surface area (Å²) in [5.41, 5.74) is 12.3. The molecular weight excluding hydrogens is 1130 g/mol. The summed E-state index contributed by atoms with van der Waals surface area (Å²) in [6, 6.07) is 120. The van der Waals surface area contributed by atoms with Crippen molar-refractivity contribution in [3.05, 3.63) is 375 Å². The Morgan fingerprint density at radius 3 is 0.889 bits per heavy atom. The van der Waals surface area contributed by atoms with Crippen molar-refractivity contribution >= 4 is 74.2 Å². The molecule has 446 valence electrons. The number of rotatable bonds is 21. The molecule has 0 bridgehead atoms. The number of hydrogen-bond donors (Lipinski definition) is 0. The van der Waals surface area contributed by atoms with Crippen molar-refractivity contribution in [2.24, 2.45) is 0 Å². The first-order chi connectivity index (χ1) is 44.3. The molecule has 90 heavy (non-hydrogen) atoms. The van der Waals surface area contributed by atoms with Gasteiger partial charge in [0.2, 0.25) is 5.78 Å². The van der Waals surface area contributed by atoms with Crippen LogP contribution in [0.4, 0.5) is 4.79 Å². The molecule has 0 heterocycles. The van der Waals surface area contributed by atoms with Gasteiger partial charge in [-0.05, 0) is 35.4 Å². The number of ketones is 1. The van der Waals surface area contributed by atoms with Crippen molar-refractivity contribution in [1.82, 2.24) is 0 Å². The molecule has 7 heteroatoms. The van der Waals surface area contributed by atoms with E-state index < -0.39 is 40.8 Å². The van der Waals surface area contributed by atoms with Crippen LogP contribution in [0.1, 0.15) is 61.0 Å². The number of Topliss-reactive ketones (excluding diaryl/α,β-unsaturated/α-hetero) is 1. The Hall–Kier alpha value is -9.31. The Labute approximate surface area is 537 Å². The van der Waals surface area contributed by atoms with Crippen LogP contribution < -0.4 is 32.8 Å². The summed E-state index contributed by atoms with van der Waals surface area (Å²) < 4.78 is 15.2. The quantitative estimate of drug-likeness (QED) is 0.0312. The van der Waals surface area contributed by atoms with E-state index in [1.54, 1.807) is 48.5 Å². The van der Waals surface area contributed by atoms with E-state index in [1.165, 1.54) is 71.1 Å². The Bertz CT molecular complexity index is 3750. The number of hydrogen-bond acceptors (Lipinski definition) is 3. The molecule has 0 aromatic heterocycles. The Morgan fingerprint density at radius 1 is 0.333 bits per heavy atom. The highest BCUT2D eigenvalue weighted by molar-refractivity contribution is 8.25. The third-order valence-electron chi connectivity index (χ3n) is 18.0. The molecule has 0 saturated heterocycles. The first-order valence-electron chi connectivity index (χ1n) is 31.8. The van der Waals surface area contributed by atoms with Crippen molar-refractivity contribution < 1.29 is 13.8 Å². The van der Waals surface area contributed by atoms with Crippen LogP contribution in [0.2, 0.25) is 12.6 Å². The van der Waals surface area contributed by atoms with Crippen molar-refractivity contribution in [2.45, 2.75) is 67.1 Å². The fourth-order valence-electron chi connectivity index (χ4n) is 13.5. The van der Waals surface area contributed by atoms with E-state index in [0.717, 1.165) is 11.1 Å². The summed E-state index contributed by atoms with van der Waals surface area (Å²) in [7, 11) is -4.84. The van der Waals surface area contributed by atoms with Gasteiger partial charge in [-0.15, -0.1) is 0 Å². The second kappa shape index (κ2) is 31.2. The standard InChI is InChI=1S/C39H30O3PS.2C22H24B/c40-37(36-29-17-16-28-35(36)30-18-6-1-7-19-30)39(31-20-8-2-9-21-31,32-22-10-3-11-23-32)43-38(41)44(42,33-24-12-4-13-25-33)34-26-14-5-15-27-34;2*1-2-3-19-23(20-13-7-4-8-14-20,21-15-9-5-10-16-21)22-17-11-6-12-18-22/h1-29,43H;2*4-18H,2-3,19H2,1H3/q+1;2*-1/p+1. The van der Waals surface area contributed by atoms with Gasteiger partial charge < -0.3 is 0 Å². The molecule has 0 spiro atoms. The number of carbonyl (C=O) groups excluding carboxylic acids is 2. The van der Waals surface area contributed by atoms with Gasteiger partial charge in [-0.1, -0.05) is 377 Å². The minimum atomic E-state index is -3.41. The van der Waals surface area contributed by atoms with Crippen molar-refractivity contribution in [3.8, 4) is 11.1 Å². The van der Waals surface area contributed by atoms with Gasteiger partial charge in [0.25, 0.3) is 9.93 Å². The molecule has 12 aromatic carbocycles. The molecule has 1 unspecified atom stereocenters. The fourth-order valence-corrected chi connectivity index (χ4v) is 18.7. The van der Waals surface area contributed by atoms with Gasteiger partial charge >= 0.3 is 4.86 Å². The maximum absolute atomic E-state index is 15.4. The molecule has 0 fully saturated rings. The second-order valence-corrected chi connectivity index (χ2v) is 27.8. The highest BCUT2D eigenvalue weighted by Crippen LogP contribution is 2.54. The zero-order valence-electron chi connectivity index (χ0n) is 51.7. The lowest BCUT2D eigenvalue weighted by Crippen LogP contribution is -2.66. The first kappa shape index (κ1) is 63.7. The highest BCUT2D eigenvalue weighted by Gasteiger charge is 2.58. The van der Waals surface area contributed by atoms with E-state index in [-0.39, 0.29) is 5.78 Å². The molecule has 0 radical (unpaired) electrons. The molecule has 3 nitrogen and oxygen atoms in total. The van der Waals surface area contributed by atoms with Gasteiger partial charge in [0.05, 0.1) is 12.3 Å². The van der Waals surface area contributed by atoms with Gasteiger partial charge in [-0.25, -0.2) is 0 Å². The van der Waals surface area contributed by atoms with Crippen molar-refractivity contribution in [3.63, 3.8) is 0 Å². The van der Waals surface area contributed by atoms with Crippen LogP contribution >= 0.6 is 8.58 Å². The van der Waals surface area contributed by atoms with E-state index in [1.807, 2.05) is 127 Å². The van der Waals surface area contributed by atoms with Crippen molar-refractivity contribution in [2.75, 3.05) is 0 Å². The third-order valence-corrected chi connectivity index (χ3v) is 23.4. The molecule has 0 aliphatic rings. The summed E-state index contributed by atoms with van der Waals surface area (Å²) in [6.07, 6.45) is 5.46. The lowest BCUT2D eigenvalue weighted by molar-refractivity contribution is 0.0958. The molecule has 0 aliphatic heterocycles. The van der Waals surface area contributed by atoms with E-state index in [0.29, 0.717) is 26.5 Å². The second-order valence-electron chi connectivity index (χ2n) is 23.3.